The molecule has 35 heavy (non-hydrogen) atoms. The first-order valence-corrected chi connectivity index (χ1v) is 12.3. The third-order valence-electron chi connectivity index (χ3n) is 6.05. The quantitative estimate of drug-likeness (QED) is 0.303. The number of aromatic nitrogens is 5. The van der Waals surface area contributed by atoms with E-state index in [1.54, 1.807) is 28.3 Å². The summed E-state index contributed by atoms with van der Waals surface area (Å²) in [5.74, 6) is 0.327. The van der Waals surface area contributed by atoms with Crippen LogP contribution in [0.2, 0.25) is 0 Å². The summed E-state index contributed by atoms with van der Waals surface area (Å²) in [6.45, 7) is 5.39. The van der Waals surface area contributed by atoms with Gasteiger partial charge in [-0.2, -0.15) is 0 Å². The number of nitrogens with zero attached hydrogens (tertiary/aromatic N) is 5. The van der Waals surface area contributed by atoms with E-state index in [0.717, 1.165) is 42.9 Å². The number of aryl methyl sites for hydroxylation is 1. The van der Waals surface area contributed by atoms with Crippen molar-refractivity contribution < 1.29 is 4.39 Å². The first kappa shape index (κ1) is 23.1. The number of fused-ring (bicyclic) bond motifs is 1. The number of thiophene rings is 1. The summed E-state index contributed by atoms with van der Waals surface area (Å²) in [6.07, 6.45) is 5.31. The van der Waals surface area contributed by atoms with E-state index in [9.17, 15) is 4.39 Å². The zero-order valence-corrected chi connectivity index (χ0v) is 20.6. The van der Waals surface area contributed by atoms with Gasteiger partial charge in [-0.1, -0.05) is 29.5 Å². The molecule has 0 saturated carbocycles. The second-order valence-corrected chi connectivity index (χ2v) is 9.45. The predicted octanol–water partition coefficient (Wildman–Crippen LogP) is 5.46. The highest BCUT2D eigenvalue weighted by Crippen LogP contribution is 2.41. The van der Waals surface area contributed by atoms with E-state index in [4.69, 9.17) is 4.98 Å². The lowest BCUT2D eigenvalue weighted by Crippen LogP contribution is -2.13. The van der Waals surface area contributed by atoms with Crippen LogP contribution < -0.4 is 10.6 Å². The average molecular weight is 488 g/mol. The van der Waals surface area contributed by atoms with E-state index in [-0.39, 0.29) is 11.9 Å². The lowest BCUT2D eigenvalue weighted by atomic mass is 9.94. The van der Waals surface area contributed by atoms with Crippen molar-refractivity contribution in [1.82, 2.24) is 30.3 Å². The molecule has 0 spiro atoms. The van der Waals surface area contributed by atoms with E-state index in [0.29, 0.717) is 19.0 Å². The molecule has 2 aromatic carbocycles. The summed E-state index contributed by atoms with van der Waals surface area (Å²) in [7, 11) is 1.91. The largest absolute Gasteiger partial charge is 0.352 e. The molecule has 0 radical (unpaired) electrons. The maximum absolute atomic E-state index is 14.3. The minimum atomic E-state index is -0.242. The van der Waals surface area contributed by atoms with E-state index in [1.165, 1.54) is 6.07 Å². The smallest absolute Gasteiger partial charge is 0.223 e. The molecule has 2 N–H and O–H groups in total. The van der Waals surface area contributed by atoms with Gasteiger partial charge in [-0.3, -0.25) is 4.68 Å². The monoisotopic (exact) mass is 487 g/mol. The highest BCUT2D eigenvalue weighted by atomic mass is 32.1. The molecular weight excluding hydrogens is 461 g/mol. The van der Waals surface area contributed by atoms with Crippen molar-refractivity contribution >= 4 is 27.4 Å². The van der Waals surface area contributed by atoms with Crippen molar-refractivity contribution in [3.05, 3.63) is 78.0 Å². The Kier molecular flexibility index (Phi) is 6.52. The molecule has 3 aromatic heterocycles. The van der Waals surface area contributed by atoms with Gasteiger partial charge in [-0.05, 0) is 66.7 Å². The fourth-order valence-corrected chi connectivity index (χ4v) is 5.34. The Balaban J connectivity index is 1.51. The summed E-state index contributed by atoms with van der Waals surface area (Å²) in [5, 5.41) is 15.4. The molecule has 0 bridgehead atoms. The Hall–Kier alpha value is -3.69. The van der Waals surface area contributed by atoms with Gasteiger partial charge in [0, 0.05) is 29.7 Å². The van der Waals surface area contributed by atoms with Crippen LogP contribution in [0.3, 0.4) is 0 Å². The molecule has 0 saturated heterocycles. The molecule has 9 heteroatoms. The van der Waals surface area contributed by atoms with Crippen LogP contribution in [0.5, 0.6) is 0 Å². The van der Waals surface area contributed by atoms with Gasteiger partial charge in [0.25, 0.3) is 0 Å². The molecule has 0 fully saturated rings. The normalized spacial score (nSPS) is 12.2. The zero-order valence-electron chi connectivity index (χ0n) is 19.8. The molecule has 1 atom stereocenters. The summed E-state index contributed by atoms with van der Waals surface area (Å²) >= 11 is 1.67. The maximum atomic E-state index is 14.3. The van der Waals surface area contributed by atoms with Gasteiger partial charge in [0.2, 0.25) is 5.95 Å². The molecule has 0 aliphatic carbocycles. The highest BCUT2D eigenvalue weighted by molar-refractivity contribution is 7.22. The Labute approximate surface area is 207 Å². The van der Waals surface area contributed by atoms with Crippen LogP contribution in [0.1, 0.15) is 24.1 Å². The molecule has 5 rings (SSSR count). The number of hydrogen-bond donors (Lipinski definition) is 2. The Morgan fingerprint density at radius 1 is 1.14 bits per heavy atom. The third-order valence-corrected chi connectivity index (χ3v) is 7.24. The van der Waals surface area contributed by atoms with Crippen LogP contribution in [0.15, 0.2) is 61.1 Å². The van der Waals surface area contributed by atoms with Crippen molar-refractivity contribution in [2.24, 2.45) is 0 Å². The summed E-state index contributed by atoms with van der Waals surface area (Å²) in [5.41, 5.74) is 4.87. The Morgan fingerprint density at radius 2 is 2.03 bits per heavy atom. The molecule has 5 aromatic rings. The molecule has 0 aliphatic rings. The van der Waals surface area contributed by atoms with Crippen LogP contribution in [-0.4, -0.2) is 38.6 Å². The van der Waals surface area contributed by atoms with Crippen molar-refractivity contribution in [3.8, 4) is 21.7 Å². The maximum Gasteiger partial charge on any atom is 0.223 e. The van der Waals surface area contributed by atoms with Gasteiger partial charge in [-0.25, -0.2) is 14.4 Å². The summed E-state index contributed by atoms with van der Waals surface area (Å²) < 4.78 is 17.2. The summed E-state index contributed by atoms with van der Waals surface area (Å²) in [6, 6.07) is 13.4. The lowest BCUT2D eigenvalue weighted by molar-refractivity contribution is 0.607. The van der Waals surface area contributed by atoms with Crippen LogP contribution >= 0.6 is 11.3 Å². The number of halogens is 1. The minimum absolute atomic E-state index is 0.0931. The number of rotatable bonds is 8. The SMILES string of the molecule is CNC(C)c1ccc(F)cc1-c1cccc2cc(-c3nc(NCCn4ccnn4)ncc3C)sc12. The van der Waals surface area contributed by atoms with Gasteiger partial charge in [0.15, 0.2) is 0 Å². The van der Waals surface area contributed by atoms with Crippen molar-refractivity contribution in [1.29, 1.82) is 0 Å². The molecule has 0 amide bonds. The van der Waals surface area contributed by atoms with E-state index < -0.39 is 0 Å². The van der Waals surface area contributed by atoms with Crippen LogP contribution in [0.4, 0.5) is 10.3 Å². The second kappa shape index (κ2) is 9.89. The zero-order chi connectivity index (χ0) is 24.4. The van der Waals surface area contributed by atoms with Gasteiger partial charge in [0.05, 0.1) is 23.3 Å². The fourth-order valence-electron chi connectivity index (χ4n) is 4.10. The molecule has 0 aliphatic heterocycles. The van der Waals surface area contributed by atoms with Gasteiger partial charge >= 0.3 is 0 Å². The Bertz CT molecular complexity index is 1460. The van der Waals surface area contributed by atoms with Crippen molar-refractivity contribution in [3.63, 3.8) is 0 Å². The highest BCUT2D eigenvalue weighted by Gasteiger charge is 2.17. The van der Waals surface area contributed by atoms with Gasteiger partial charge in [0.1, 0.15) is 5.82 Å². The van der Waals surface area contributed by atoms with Crippen LogP contribution in [0.25, 0.3) is 31.8 Å². The predicted molar refractivity (Wildman–Crippen MR) is 139 cm³/mol. The minimum Gasteiger partial charge on any atom is -0.352 e. The summed E-state index contributed by atoms with van der Waals surface area (Å²) in [4.78, 5) is 10.3. The van der Waals surface area contributed by atoms with Gasteiger partial charge in [-0.15, -0.1) is 16.4 Å². The first-order chi connectivity index (χ1) is 17.0. The number of benzene rings is 2. The lowest BCUT2D eigenvalue weighted by Gasteiger charge is -2.17. The molecule has 3 heterocycles. The first-order valence-electron chi connectivity index (χ1n) is 11.4. The number of hydrogen-bond acceptors (Lipinski definition) is 7. The Morgan fingerprint density at radius 3 is 2.83 bits per heavy atom. The molecular formula is C26H26FN7S. The van der Waals surface area contributed by atoms with Crippen molar-refractivity contribution in [2.75, 3.05) is 18.9 Å². The molecule has 178 valence electrons. The van der Waals surface area contributed by atoms with Gasteiger partial charge < -0.3 is 10.6 Å². The second-order valence-electron chi connectivity index (χ2n) is 8.39. The molecule has 7 nitrogen and oxygen atoms in total. The van der Waals surface area contributed by atoms with E-state index in [2.05, 4.69) is 51.1 Å². The standard InChI is InChI=1S/C26H26FN7S/c1-16-15-30-26(29-9-11-34-12-10-31-33-34)32-24(16)23-13-18-5-4-6-21(25(18)35-23)22-14-19(27)7-8-20(22)17(2)28-3/h4-8,10,12-15,17,28H,9,11H2,1-3H3,(H,29,30,32). The topological polar surface area (TPSA) is 80.5 Å². The van der Waals surface area contributed by atoms with E-state index >= 15 is 0 Å². The van der Waals surface area contributed by atoms with E-state index in [1.807, 2.05) is 38.5 Å². The van der Waals surface area contributed by atoms with Crippen LogP contribution in [-0.2, 0) is 6.54 Å². The molecule has 1 unspecified atom stereocenters. The van der Waals surface area contributed by atoms with Crippen LogP contribution in [0, 0.1) is 12.7 Å². The van der Waals surface area contributed by atoms with Crippen molar-refractivity contribution in [2.45, 2.75) is 26.4 Å². The average Bonchev–Trinajstić information content (AvgIpc) is 3.54. The fraction of sp³-hybridized carbons (Fsp3) is 0.231. The third kappa shape index (κ3) is 4.78. The number of nitrogens with one attached hydrogen (secondary N) is 2. The number of anilines is 1.